The normalized spacial score (nSPS) is 15.3. The SMILES string of the molecule is Cc1ccccc1-n1c(SCCCC(=O)N2CCN(C(=O)c3ccc4ccccc4c3)C(C)C2)nnc1-c1ccco1. The average molecular weight is 580 g/mol. The van der Waals surface area contributed by atoms with Crippen LogP contribution in [0.4, 0.5) is 0 Å². The van der Waals surface area contributed by atoms with Gasteiger partial charge in [0.15, 0.2) is 10.9 Å². The van der Waals surface area contributed by atoms with Crippen LogP contribution in [0.25, 0.3) is 28.0 Å². The van der Waals surface area contributed by atoms with E-state index in [2.05, 4.69) is 23.2 Å². The first-order valence-electron chi connectivity index (χ1n) is 14.3. The molecule has 0 N–H and O–H groups in total. The van der Waals surface area contributed by atoms with Crippen LogP contribution >= 0.6 is 11.8 Å². The second-order valence-corrected chi connectivity index (χ2v) is 11.7. The molecule has 0 radical (unpaired) electrons. The molecule has 8 nitrogen and oxygen atoms in total. The number of carbonyl (C=O) groups is 2. The van der Waals surface area contributed by atoms with Gasteiger partial charge in [0.25, 0.3) is 5.91 Å². The third kappa shape index (κ3) is 5.69. The van der Waals surface area contributed by atoms with Crippen LogP contribution in [0.2, 0.25) is 0 Å². The molecule has 214 valence electrons. The van der Waals surface area contributed by atoms with Crippen molar-refractivity contribution in [2.75, 3.05) is 25.4 Å². The predicted octanol–water partition coefficient (Wildman–Crippen LogP) is 6.23. The number of amides is 2. The van der Waals surface area contributed by atoms with Gasteiger partial charge in [-0.25, -0.2) is 0 Å². The average Bonchev–Trinajstić information content (AvgIpc) is 3.69. The van der Waals surface area contributed by atoms with Crippen molar-refractivity contribution in [1.82, 2.24) is 24.6 Å². The lowest BCUT2D eigenvalue weighted by atomic mass is 10.0. The van der Waals surface area contributed by atoms with Gasteiger partial charge in [0.2, 0.25) is 11.7 Å². The zero-order valence-electron chi connectivity index (χ0n) is 23.8. The van der Waals surface area contributed by atoms with Crippen molar-refractivity contribution in [2.45, 2.75) is 37.9 Å². The summed E-state index contributed by atoms with van der Waals surface area (Å²) in [5.41, 5.74) is 2.79. The highest BCUT2D eigenvalue weighted by Gasteiger charge is 2.30. The maximum Gasteiger partial charge on any atom is 0.254 e. The molecule has 5 aromatic rings. The molecule has 1 aliphatic rings. The number of aryl methyl sites for hydroxylation is 1. The summed E-state index contributed by atoms with van der Waals surface area (Å²) < 4.78 is 7.65. The second-order valence-electron chi connectivity index (χ2n) is 10.6. The van der Waals surface area contributed by atoms with Crippen molar-refractivity contribution < 1.29 is 14.0 Å². The number of fused-ring (bicyclic) bond motifs is 1. The van der Waals surface area contributed by atoms with Crippen LogP contribution in [0, 0.1) is 6.92 Å². The van der Waals surface area contributed by atoms with Crippen LogP contribution in [0.1, 0.15) is 35.7 Å². The van der Waals surface area contributed by atoms with Crippen molar-refractivity contribution in [3.8, 4) is 17.3 Å². The van der Waals surface area contributed by atoms with Crippen LogP contribution in [0.3, 0.4) is 0 Å². The Morgan fingerprint density at radius 2 is 1.76 bits per heavy atom. The first-order chi connectivity index (χ1) is 20.5. The van der Waals surface area contributed by atoms with E-state index in [4.69, 9.17) is 4.42 Å². The van der Waals surface area contributed by atoms with Crippen molar-refractivity contribution in [2.24, 2.45) is 0 Å². The predicted molar refractivity (Wildman–Crippen MR) is 165 cm³/mol. The van der Waals surface area contributed by atoms with E-state index in [-0.39, 0.29) is 17.9 Å². The van der Waals surface area contributed by atoms with E-state index in [1.165, 1.54) is 0 Å². The molecule has 0 bridgehead atoms. The molecule has 1 unspecified atom stereocenters. The summed E-state index contributed by atoms with van der Waals surface area (Å²) in [6, 6.07) is 25.7. The molecule has 1 saturated heterocycles. The molecule has 2 amide bonds. The lowest BCUT2D eigenvalue weighted by Gasteiger charge is -2.40. The molecule has 0 aliphatic carbocycles. The smallest absolute Gasteiger partial charge is 0.254 e. The first-order valence-corrected chi connectivity index (χ1v) is 15.2. The summed E-state index contributed by atoms with van der Waals surface area (Å²) in [6.45, 7) is 5.69. The number of aromatic nitrogens is 3. The summed E-state index contributed by atoms with van der Waals surface area (Å²) in [7, 11) is 0. The van der Waals surface area contributed by atoms with Gasteiger partial charge >= 0.3 is 0 Å². The Labute approximate surface area is 249 Å². The summed E-state index contributed by atoms with van der Waals surface area (Å²) in [6.07, 6.45) is 2.79. The van der Waals surface area contributed by atoms with Crippen LogP contribution in [-0.4, -0.2) is 67.8 Å². The van der Waals surface area contributed by atoms with E-state index in [0.29, 0.717) is 49.6 Å². The second kappa shape index (κ2) is 12.2. The summed E-state index contributed by atoms with van der Waals surface area (Å²) in [4.78, 5) is 30.2. The van der Waals surface area contributed by atoms with Crippen molar-refractivity contribution in [1.29, 1.82) is 0 Å². The number of nitrogens with zero attached hydrogens (tertiary/aromatic N) is 5. The van der Waals surface area contributed by atoms with E-state index in [1.54, 1.807) is 18.0 Å². The maximum atomic E-state index is 13.3. The molecular formula is C33H33N5O3S. The minimum atomic E-state index is -0.0521. The quantitative estimate of drug-likeness (QED) is 0.160. The van der Waals surface area contributed by atoms with E-state index >= 15 is 0 Å². The third-order valence-corrected chi connectivity index (χ3v) is 8.75. The molecule has 1 fully saturated rings. The van der Waals surface area contributed by atoms with Gasteiger partial charge in [-0.2, -0.15) is 0 Å². The van der Waals surface area contributed by atoms with Crippen molar-refractivity contribution in [3.05, 3.63) is 96.3 Å². The van der Waals surface area contributed by atoms with Gasteiger partial charge in [0, 0.05) is 43.4 Å². The highest BCUT2D eigenvalue weighted by atomic mass is 32.2. The highest BCUT2D eigenvalue weighted by Crippen LogP contribution is 2.30. The highest BCUT2D eigenvalue weighted by molar-refractivity contribution is 7.99. The molecule has 3 aromatic carbocycles. The van der Waals surface area contributed by atoms with Crippen LogP contribution < -0.4 is 0 Å². The van der Waals surface area contributed by atoms with Gasteiger partial charge < -0.3 is 14.2 Å². The van der Waals surface area contributed by atoms with E-state index in [1.807, 2.05) is 94.1 Å². The lowest BCUT2D eigenvalue weighted by Crippen LogP contribution is -2.55. The molecule has 2 aromatic heterocycles. The van der Waals surface area contributed by atoms with Gasteiger partial charge in [0.05, 0.1) is 12.0 Å². The Bertz CT molecular complexity index is 1710. The monoisotopic (exact) mass is 579 g/mol. The zero-order valence-corrected chi connectivity index (χ0v) is 24.6. The molecule has 6 rings (SSSR count). The maximum absolute atomic E-state index is 13.3. The van der Waals surface area contributed by atoms with Crippen LogP contribution in [0.15, 0.2) is 94.7 Å². The first kappa shape index (κ1) is 27.8. The van der Waals surface area contributed by atoms with E-state index < -0.39 is 0 Å². The Morgan fingerprint density at radius 1 is 0.952 bits per heavy atom. The third-order valence-electron chi connectivity index (χ3n) is 7.73. The zero-order chi connectivity index (χ0) is 29.1. The number of hydrogen-bond acceptors (Lipinski definition) is 6. The molecule has 42 heavy (non-hydrogen) atoms. The number of hydrogen-bond donors (Lipinski definition) is 0. The molecule has 1 atom stereocenters. The van der Waals surface area contributed by atoms with Crippen LogP contribution in [-0.2, 0) is 4.79 Å². The fraction of sp³-hybridized carbons (Fsp3) is 0.273. The number of piperazine rings is 1. The fourth-order valence-electron chi connectivity index (χ4n) is 5.48. The number of rotatable bonds is 8. The molecule has 3 heterocycles. The Morgan fingerprint density at radius 3 is 2.55 bits per heavy atom. The fourth-order valence-corrected chi connectivity index (χ4v) is 6.36. The largest absolute Gasteiger partial charge is 0.461 e. The summed E-state index contributed by atoms with van der Waals surface area (Å²) in [5.74, 6) is 2.17. The van der Waals surface area contributed by atoms with Crippen LogP contribution in [0.5, 0.6) is 0 Å². The number of carbonyl (C=O) groups excluding carboxylic acids is 2. The number of para-hydroxylation sites is 1. The minimum Gasteiger partial charge on any atom is -0.461 e. The standard InChI is InChI=1S/C33H33N5O3S/c1-23-9-3-6-12-28(23)38-31(29-13-7-19-41-29)34-35-33(38)42-20-8-14-30(39)36-17-18-37(24(2)22-36)32(40)27-16-15-25-10-4-5-11-26(25)21-27/h3-7,9-13,15-16,19,21,24H,8,14,17-18,20,22H2,1-2H3. The van der Waals surface area contributed by atoms with Gasteiger partial charge in [-0.1, -0.05) is 60.3 Å². The van der Waals surface area contributed by atoms with Gasteiger partial charge in [-0.05, 0) is 66.9 Å². The van der Waals surface area contributed by atoms with Crippen molar-refractivity contribution in [3.63, 3.8) is 0 Å². The number of furan rings is 1. The number of benzene rings is 3. The topological polar surface area (TPSA) is 84.5 Å². The van der Waals surface area contributed by atoms with Gasteiger partial charge in [-0.15, -0.1) is 10.2 Å². The Kier molecular flexibility index (Phi) is 8.10. The lowest BCUT2D eigenvalue weighted by molar-refractivity contribution is -0.133. The summed E-state index contributed by atoms with van der Waals surface area (Å²) >= 11 is 1.58. The molecular weight excluding hydrogens is 546 g/mol. The molecule has 9 heteroatoms. The van der Waals surface area contributed by atoms with E-state index in [0.717, 1.165) is 32.9 Å². The van der Waals surface area contributed by atoms with Gasteiger partial charge in [0.1, 0.15) is 0 Å². The molecule has 1 aliphatic heterocycles. The number of thioether (sulfide) groups is 1. The summed E-state index contributed by atoms with van der Waals surface area (Å²) in [5, 5.41) is 11.8. The Hall–Kier alpha value is -4.37. The minimum absolute atomic E-state index is 0.0171. The van der Waals surface area contributed by atoms with Gasteiger partial charge in [-0.3, -0.25) is 14.2 Å². The Balaban J connectivity index is 1.04. The molecule has 0 saturated carbocycles. The molecule has 0 spiro atoms. The van der Waals surface area contributed by atoms with E-state index in [9.17, 15) is 9.59 Å². The van der Waals surface area contributed by atoms with Crippen molar-refractivity contribution >= 4 is 34.3 Å².